The van der Waals surface area contributed by atoms with Crippen LogP contribution in [0.5, 0.6) is 0 Å². The number of hydrogen-bond donors (Lipinski definition) is 0. The molecule has 3 nitrogen and oxygen atoms in total. The van der Waals surface area contributed by atoms with Gasteiger partial charge in [-0.2, -0.15) is 5.26 Å². The summed E-state index contributed by atoms with van der Waals surface area (Å²) in [5, 5.41) is 12.8. The smallest absolute Gasteiger partial charge is 0.134 e. The molecule has 0 spiro atoms. The first-order valence-corrected chi connectivity index (χ1v) is 7.87. The van der Waals surface area contributed by atoms with Crippen LogP contribution < -0.4 is 0 Å². The van der Waals surface area contributed by atoms with E-state index in [1.54, 1.807) is 36.6 Å². The molecule has 2 aromatic heterocycles. The fraction of sp³-hybridized carbons (Fsp3) is 0. The summed E-state index contributed by atoms with van der Waals surface area (Å²) < 4.78 is 5.22. The van der Waals surface area contributed by atoms with Crippen molar-refractivity contribution in [2.45, 2.75) is 0 Å². The molecular formula is C16H8Cl2N2OS. The van der Waals surface area contributed by atoms with Gasteiger partial charge in [0.2, 0.25) is 0 Å². The molecular weight excluding hydrogens is 339 g/mol. The molecule has 0 unspecified atom stereocenters. The maximum Gasteiger partial charge on any atom is 0.134 e. The normalized spacial score (nSPS) is 11.4. The lowest BCUT2D eigenvalue weighted by atomic mass is 10.2. The van der Waals surface area contributed by atoms with E-state index in [9.17, 15) is 5.26 Å². The van der Waals surface area contributed by atoms with Crippen molar-refractivity contribution in [1.82, 2.24) is 4.98 Å². The first-order chi connectivity index (χ1) is 10.7. The van der Waals surface area contributed by atoms with Crippen molar-refractivity contribution in [3.05, 3.63) is 62.8 Å². The number of hydrogen-bond acceptors (Lipinski definition) is 4. The lowest BCUT2D eigenvalue weighted by Crippen LogP contribution is -1.83. The molecule has 2 heterocycles. The molecule has 0 N–H and O–H groups in total. The van der Waals surface area contributed by atoms with E-state index in [0.717, 1.165) is 11.3 Å². The SMILES string of the molecule is N#C/C(=C\c1ccco1)c1nc(-c2ccc(Cl)c(Cl)c2)cs1. The second kappa shape index (κ2) is 6.37. The minimum atomic E-state index is 0.450. The van der Waals surface area contributed by atoms with Crippen molar-refractivity contribution >= 4 is 46.2 Å². The van der Waals surface area contributed by atoms with Crippen molar-refractivity contribution in [1.29, 1.82) is 5.26 Å². The molecule has 0 atom stereocenters. The predicted molar refractivity (Wildman–Crippen MR) is 89.8 cm³/mol. The van der Waals surface area contributed by atoms with E-state index >= 15 is 0 Å². The Bertz CT molecular complexity index is 876. The van der Waals surface area contributed by atoms with Gasteiger partial charge in [0.05, 0.1) is 27.6 Å². The highest BCUT2D eigenvalue weighted by Crippen LogP contribution is 2.31. The molecule has 0 saturated carbocycles. The molecule has 0 bridgehead atoms. The van der Waals surface area contributed by atoms with Crippen LogP contribution in [-0.4, -0.2) is 4.98 Å². The van der Waals surface area contributed by atoms with Crippen molar-refractivity contribution in [3.8, 4) is 17.3 Å². The molecule has 0 saturated heterocycles. The van der Waals surface area contributed by atoms with Gasteiger partial charge in [-0.15, -0.1) is 11.3 Å². The van der Waals surface area contributed by atoms with Crippen molar-refractivity contribution in [3.63, 3.8) is 0 Å². The van der Waals surface area contributed by atoms with Gasteiger partial charge in [0, 0.05) is 17.0 Å². The third-order valence-electron chi connectivity index (χ3n) is 2.90. The van der Waals surface area contributed by atoms with E-state index in [4.69, 9.17) is 27.6 Å². The summed E-state index contributed by atoms with van der Waals surface area (Å²) in [7, 11) is 0. The van der Waals surface area contributed by atoms with Gasteiger partial charge < -0.3 is 4.42 Å². The minimum Gasteiger partial charge on any atom is -0.465 e. The first kappa shape index (κ1) is 14.9. The van der Waals surface area contributed by atoms with Crippen molar-refractivity contribution in [2.75, 3.05) is 0 Å². The molecule has 3 aromatic rings. The van der Waals surface area contributed by atoms with Gasteiger partial charge in [-0.05, 0) is 24.3 Å². The van der Waals surface area contributed by atoms with E-state index in [1.165, 1.54) is 11.3 Å². The summed E-state index contributed by atoms with van der Waals surface area (Å²) in [6.07, 6.45) is 3.22. The number of nitriles is 1. The van der Waals surface area contributed by atoms with Crippen LogP contribution in [-0.2, 0) is 0 Å². The number of benzene rings is 1. The zero-order valence-corrected chi connectivity index (χ0v) is 13.4. The summed E-state index contributed by atoms with van der Waals surface area (Å²) in [4.78, 5) is 4.49. The standard InChI is InChI=1S/C16H8Cl2N2OS/c17-13-4-3-10(7-14(13)18)15-9-22-16(20-15)11(8-19)6-12-2-1-5-21-12/h1-7,9H/b11-6+. The number of allylic oxidation sites excluding steroid dienone is 1. The fourth-order valence-electron chi connectivity index (χ4n) is 1.84. The Morgan fingerprint density at radius 2 is 2.14 bits per heavy atom. The Labute approximate surface area is 141 Å². The quantitative estimate of drug-likeness (QED) is 0.565. The Balaban J connectivity index is 1.96. The van der Waals surface area contributed by atoms with Crippen LogP contribution in [0, 0.1) is 11.3 Å². The average Bonchev–Trinajstić information content (AvgIpc) is 3.18. The van der Waals surface area contributed by atoms with E-state index in [-0.39, 0.29) is 0 Å². The highest BCUT2D eigenvalue weighted by Gasteiger charge is 2.10. The molecule has 22 heavy (non-hydrogen) atoms. The molecule has 108 valence electrons. The largest absolute Gasteiger partial charge is 0.465 e. The zero-order chi connectivity index (χ0) is 15.5. The van der Waals surface area contributed by atoms with E-state index in [1.807, 2.05) is 11.4 Å². The maximum atomic E-state index is 9.31. The molecule has 0 radical (unpaired) electrons. The number of nitrogens with zero attached hydrogens (tertiary/aromatic N) is 2. The zero-order valence-electron chi connectivity index (χ0n) is 11.1. The predicted octanol–water partition coefficient (Wildman–Crippen LogP) is 5.77. The lowest BCUT2D eigenvalue weighted by Gasteiger charge is -1.99. The summed E-state index contributed by atoms with van der Waals surface area (Å²) in [6.45, 7) is 0. The summed E-state index contributed by atoms with van der Waals surface area (Å²) in [5.74, 6) is 0.614. The van der Waals surface area contributed by atoms with Gasteiger partial charge in [-0.25, -0.2) is 4.98 Å². The second-order valence-corrected chi connectivity index (χ2v) is 6.02. The highest BCUT2D eigenvalue weighted by atomic mass is 35.5. The van der Waals surface area contributed by atoms with Gasteiger partial charge in [0.1, 0.15) is 16.8 Å². The lowest BCUT2D eigenvalue weighted by molar-refractivity contribution is 0.557. The molecule has 0 amide bonds. The highest BCUT2D eigenvalue weighted by molar-refractivity contribution is 7.11. The molecule has 3 rings (SSSR count). The Morgan fingerprint density at radius 3 is 2.82 bits per heavy atom. The summed E-state index contributed by atoms with van der Waals surface area (Å²) >= 11 is 13.3. The minimum absolute atomic E-state index is 0.450. The van der Waals surface area contributed by atoms with Crippen LogP contribution >= 0.6 is 34.5 Å². The number of aromatic nitrogens is 1. The average molecular weight is 347 g/mol. The fourth-order valence-corrected chi connectivity index (χ4v) is 2.94. The number of furan rings is 1. The second-order valence-electron chi connectivity index (χ2n) is 4.35. The topological polar surface area (TPSA) is 49.8 Å². The van der Waals surface area contributed by atoms with Crippen LogP contribution in [0.15, 0.2) is 46.4 Å². The molecule has 6 heteroatoms. The van der Waals surface area contributed by atoms with Crippen molar-refractivity contribution < 1.29 is 4.42 Å². The van der Waals surface area contributed by atoms with Crippen LogP contribution in [0.3, 0.4) is 0 Å². The van der Waals surface area contributed by atoms with Crippen molar-refractivity contribution in [2.24, 2.45) is 0 Å². The molecule has 0 aliphatic heterocycles. The molecule has 0 aliphatic rings. The van der Waals surface area contributed by atoms with Crippen LogP contribution in [0.1, 0.15) is 10.8 Å². The van der Waals surface area contributed by atoms with Crippen LogP contribution in [0.4, 0.5) is 0 Å². The van der Waals surface area contributed by atoms with Gasteiger partial charge in [-0.3, -0.25) is 0 Å². The van der Waals surface area contributed by atoms with Gasteiger partial charge >= 0.3 is 0 Å². The Morgan fingerprint density at radius 1 is 1.27 bits per heavy atom. The van der Waals surface area contributed by atoms with Crippen LogP contribution in [0.25, 0.3) is 22.9 Å². The molecule has 1 aromatic carbocycles. The number of rotatable bonds is 3. The maximum absolute atomic E-state index is 9.31. The monoisotopic (exact) mass is 346 g/mol. The molecule has 0 fully saturated rings. The summed E-state index contributed by atoms with van der Waals surface area (Å²) in [5.41, 5.74) is 2.05. The van der Waals surface area contributed by atoms with E-state index in [2.05, 4.69) is 11.1 Å². The summed E-state index contributed by atoms with van der Waals surface area (Å²) in [6, 6.07) is 11.0. The van der Waals surface area contributed by atoms with E-state index < -0.39 is 0 Å². The first-order valence-electron chi connectivity index (χ1n) is 6.24. The third-order valence-corrected chi connectivity index (χ3v) is 4.51. The van der Waals surface area contributed by atoms with Gasteiger partial charge in [0.15, 0.2) is 0 Å². The number of halogens is 2. The van der Waals surface area contributed by atoms with E-state index in [0.29, 0.717) is 26.4 Å². The number of thiazole rings is 1. The van der Waals surface area contributed by atoms with Gasteiger partial charge in [0.25, 0.3) is 0 Å². The van der Waals surface area contributed by atoms with Crippen LogP contribution in [0.2, 0.25) is 10.0 Å². The van der Waals surface area contributed by atoms with Gasteiger partial charge in [-0.1, -0.05) is 29.3 Å². The Hall–Kier alpha value is -2.06. The Kier molecular flexibility index (Phi) is 4.30. The third kappa shape index (κ3) is 3.07. The molecule has 0 aliphatic carbocycles.